The zero-order chi connectivity index (χ0) is 27.4. The number of ether oxygens (including phenoxy) is 1. The third kappa shape index (κ3) is 6.71. The second-order valence-corrected chi connectivity index (χ2v) is 13.0. The summed E-state index contributed by atoms with van der Waals surface area (Å²) in [4.78, 5) is 19.6. The summed E-state index contributed by atoms with van der Waals surface area (Å²) in [7, 11) is 0. The number of hydrogen-bond acceptors (Lipinski definition) is 5. The number of para-hydroxylation sites is 1. The van der Waals surface area contributed by atoms with Gasteiger partial charge in [0.05, 0.1) is 18.4 Å². The largest absolute Gasteiger partial charge is 0.488 e. The summed E-state index contributed by atoms with van der Waals surface area (Å²) in [6.45, 7) is 7.71. The van der Waals surface area contributed by atoms with Gasteiger partial charge < -0.3 is 14.5 Å². The monoisotopic (exact) mass is 604 g/mol. The summed E-state index contributed by atoms with van der Waals surface area (Å²) < 4.78 is 12.6. The van der Waals surface area contributed by atoms with Crippen molar-refractivity contribution in [1.29, 1.82) is 0 Å². The molecule has 1 aliphatic carbocycles. The highest BCUT2D eigenvalue weighted by Gasteiger charge is 2.33. The predicted octanol–water partition coefficient (Wildman–Crippen LogP) is 8.51. The molecule has 1 amide bonds. The molecule has 0 radical (unpaired) electrons. The average Bonchev–Trinajstić information content (AvgIpc) is 3.57. The summed E-state index contributed by atoms with van der Waals surface area (Å²) in [6.07, 6.45) is 6.37. The van der Waals surface area contributed by atoms with Crippen LogP contribution in [0.2, 0.25) is 0 Å². The Morgan fingerprint density at radius 2 is 1.95 bits per heavy atom. The Hall–Kier alpha value is -3.16. The van der Waals surface area contributed by atoms with Gasteiger partial charge in [-0.3, -0.25) is 4.79 Å². The van der Waals surface area contributed by atoms with Crippen LogP contribution in [0.15, 0.2) is 80.8 Å². The molecular weight excluding hydrogens is 572 g/mol. The van der Waals surface area contributed by atoms with Crippen LogP contribution in [0.3, 0.4) is 0 Å². The van der Waals surface area contributed by atoms with Crippen LogP contribution < -0.4 is 10.1 Å². The quantitative estimate of drug-likeness (QED) is 0.205. The number of hydrogen-bond donors (Lipinski definition) is 1. The molecular formula is C32H33BrN2O3S. The Bertz CT molecular complexity index is 1450. The number of nitrogens with zero attached hydrogens (tertiary/aromatic N) is 1. The fourth-order valence-corrected chi connectivity index (χ4v) is 6.43. The Morgan fingerprint density at radius 1 is 1.15 bits per heavy atom. The van der Waals surface area contributed by atoms with Gasteiger partial charge in [0.1, 0.15) is 23.1 Å². The minimum absolute atomic E-state index is 0.106. The topological polar surface area (TPSA) is 63.8 Å². The van der Waals surface area contributed by atoms with E-state index in [1.54, 1.807) is 17.6 Å². The molecule has 39 heavy (non-hydrogen) atoms. The number of thiophene rings is 1. The molecule has 4 aromatic rings. The van der Waals surface area contributed by atoms with Gasteiger partial charge in [-0.05, 0) is 78.1 Å². The van der Waals surface area contributed by atoms with Crippen molar-refractivity contribution in [3.05, 3.63) is 104 Å². The highest BCUT2D eigenvalue weighted by Crippen LogP contribution is 2.45. The van der Waals surface area contributed by atoms with Crippen LogP contribution in [0.1, 0.15) is 64.9 Å². The van der Waals surface area contributed by atoms with Crippen molar-refractivity contribution in [3.8, 4) is 5.75 Å². The predicted molar refractivity (Wildman–Crippen MR) is 161 cm³/mol. The highest BCUT2D eigenvalue weighted by atomic mass is 79.9. The Kier molecular flexibility index (Phi) is 8.38. The molecule has 0 unspecified atom stereocenters. The lowest BCUT2D eigenvalue weighted by molar-refractivity contribution is 0.0947. The Morgan fingerprint density at radius 3 is 2.69 bits per heavy atom. The smallest absolute Gasteiger partial charge is 0.255 e. The third-order valence-corrected chi connectivity index (χ3v) is 8.94. The van der Waals surface area contributed by atoms with Gasteiger partial charge in [-0.2, -0.15) is 0 Å². The van der Waals surface area contributed by atoms with Crippen LogP contribution >= 0.6 is 27.3 Å². The number of carbonyl (C=O) groups excluding carboxylic acids is 1. The lowest BCUT2D eigenvalue weighted by atomic mass is 9.72. The maximum Gasteiger partial charge on any atom is 0.255 e. The van der Waals surface area contributed by atoms with E-state index >= 15 is 0 Å². The van der Waals surface area contributed by atoms with Crippen LogP contribution in [0, 0.1) is 11.3 Å². The Labute approximate surface area is 242 Å². The maximum atomic E-state index is 13.5. The number of furan rings is 1. The normalized spacial score (nSPS) is 15.3. The van der Waals surface area contributed by atoms with Gasteiger partial charge in [0.15, 0.2) is 0 Å². The first-order valence-corrected chi connectivity index (χ1v) is 14.8. The molecule has 7 heteroatoms. The summed E-state index contributed by atoms with van der Waals surface area (Å²) in [5.41, 5.74) is 4.01. The number of rotatable bonds is 8. The minimum atomic E-state index is -0.106. The first kappa shape index (κ1) is 27.4. The number of amides is 1. The summed E-state index contributed by atoms with van der Waals surface area (Å²) in [6, 6.07) is 19.6. The van der Waals surface area contributed by atoms with Crippen molar-refractivity contribution in [2.24, 2.45) is 16.3 Å². The highest BCUT2D eigenvalue weighted by molar-refractivity contribution is 9.10. The van der Waals surface area contributed by atoms with Crippen LogP contribution in [-0.4, -0.2) is 12.1 Å². The molecule has 1 atom stereocenters. The minimum Gasteiger partial charge on any atom is -0.488 e. The second-order valence-electron chi connectivity index (χ2n) is 11.0. The Balaban J connectivity index is 1.41. The molecule has 0 spiro atoms. The molecule has 0 saturated carbocycles. The lowest BCUT2D eigenvalue weighted by Gasteiger charge is -2.33. The van der Waals surface area contributed by atoms with E-state index in [2.05, 4.69) is 42.0 Å². The van der Waals surface area contributed by atoms with Gasteiger partial charge in [0.2, 0.25) is 0 Å². The fourth-order valence-electron chi connectivity index (χ4n) is 4.89. The van der Waals surface area contributed by atoms with Crippen LogP contribution in [0.5, 0.6) is 5.75 Å². The number of aliphatic imine (C=N–C) groups is 1. The molecule has 2 heterocycles. The van der Waals surface area contributed by atoms with Gasteiger partial charge in [-0.1, -0.05) is 61.0 Å². The first-order chi connectivity index (χ1) is 18.8. The van der Waals surface area contributed by atoms with Crippen molar-refractivity contribution in [2.45, 2.75) is 53.2 Å². The zero-order valence-electron chi connectivity index (χ0n) is 22.5. The number of carbonyl (C=O) groups is 1. The molecule has 0 aliphatic heterocycles. The number of halogens is 1. The van der Waals surface area contributed by atoms with Crippen molar-refractivity contribution in [1.82, 2.24) is 5.32 Å². The molecule has 5 nitrogen and oxygen atoms in total. The molecule has 0 fully saturated rings. The molecule has 202 valence electrons. The van der Waals surface area contributed by atoms with Crippen molar-refractivity contribution in [3.63, 3.8) is 0 Å². The maximum absolute atomic E-state index is 13.5. The molecule has 1 N–H and O–H groups in total. The number of fused-ring (bicyclic) bond motifs is 1. The summed E-state index contributed by atoms with van der Waals surface area (Å²) in [5, 5.41) is 3.79. The summed E-state index contributed by atoms with van der Waals surface area (Å²) >= 11 is 5.12. The van der Waals surface area contributed by atoms with E-state index in [0.717, 1.165) is 56.9 Å². The average molecular weight is 606 g/mol. The van der Waals surface area contributed by atoms with E-state index in [9.17, 15) is 4.79 Å². The lowest BCUT2D eigenvalue weighted by Crippen LogP contribution is -2.28. The fraction of sp³-hybridized carbons (Fsp3) is 0.312. The zero-order valence-corrected chi connectivity index (χ0v) is 24.9. The molecule has 1 aliphatic rings. The van der Waals surface area contributed by atoms with Gasteiger partial charge in [-0.25, -0.2) is 4.99 Å². The van der Waals surface area contributed by atoms with Gasteiger partial charge in [0.25, 0.3) is 5.91 Å². The van der Waals surface area contributed by atoms with Crippen LogP contribution in [-0.2, 0) is 26.0 Å². The summed E-state index contributed by atoms with van der Waals surface area (Å²) in [5.74, 6) is 1.95. The first-order valence-electron chi connectivity index (χ1n) is 13.2. The van der Waals surface area contributed by atoms with Crippen molar-refractivity contribution in [2.75, 3.05) is 0 Å². The third-order valence-electron chi connectivity index (χ3n) is 7.25. The van der Waals surface area contributed by atoms with E-state index in [1.807, 2.05) is 66.9 Å². The molecule has 0 saturated heterocycles. The molecule has 2 aromatic heterocycles. The van der Waals surface area contributed by atoms with Gasteiger partial charge in [-0.15, -0.1) is 11.3 Å². The van der Waals surface area contributed by atoms with Crippen LogP contribution in [0.25, 0.3) is 0 Å². The van der Waals surface area contributed by atoms with Gasteiger partial charge in [0, 0.05) is 21.1 Å². The van der Waals surface area contributed by atoms with E-state index in [-0.39, 0.29) is 11.3 Å². The second kappa shape index (κ2) is 11.9. The molecule has 5 rings (SSSR count). The van der Waals surface area contributed by atoms with E-state index in [0.29, 0.717) is 24.6 Å². The standard InChI is InChI=1S/C32H33BrN2O3S/c1-32(2,3)23-12-15-26-28(17-23)39-31(29(26)30(36)34-19-25-8-6-16-37-25)35-18-22-7-4-5-9-27(22)38-20-21-10-13-24(33)14-11-21/h4-11,13-14,16,18,23H,12,15,17,19-20H2,1-3H3,(H,34,36)/t23-/m0/s1. The van der Waals surface area contributed by atoms with E-state index in [4.69, 9.17) is 14.1 Å². The van der Waals surface area contributed by atoms with Crippen molar-refractivity contribution >= 4 is 44.4 Å². The number of nitrogens with one attached hydrogen (secondary N) is 1. The van der Waals surface area contributed by atoms with Crippen molar-refractivity contribution < 1.29 is 13.9 Å². The van der Waals surface area contributed by atoms with E-state index < -0.39 is 0 Å². The van der Waals surface area contributed by atoms with Gasteiger partial charge >= 0.3 is 0 Å². The van der Waals surface area contributed by atoms with E-state index in [1.165, 1.54) is 4.88 Å². The SMILES string of the molecule is CC(C)(C)[C@H]1CCc2c(sc(N=Cc3ccccc3OCc3ccc(Br)cc3)c2C(=O)NCc2ccco2)C1. The van der Waals surface area contributed by atoms with Crippen LogP contribution in [0.4, 0.5) is 5.00 Å². The molecule has 2 aromatic carbocycles. The molecule has 0 bridgehead atoms. The number of benzene rings is 2.